The second kappa shape index (κ2) is 9.93. The number of phenolic OH excluding ortho intramolecular Hbond substituents is 2. The summed E-state index contributed by atoms with van der Waals surface area (Å²) >= 11 is 0. The molecular formula is C36H44O8. The van der Waals surface area contributed by atoms with E-state index in [1.165, 1.54) is 13.8 Å². The van der Waals surface area contributed by atoms with Crippen molar-refractivity contribution in [2.75, 3.05) is 0 Å². The number of hydrogen-bond donors (Lipinski definition) is 3. The van der Waals surface area contributed by atoms with Gasteiger partial charge in [-0.3, -0.25) is 14.4 Å². The fourth-order valence-electron chi connectivity index (χ4n) is 7.51. The van der Waals surface area contributed by atoms with Gasteiger partial charge in [-0.25, -0.2) is 0 Å². The van der Waals surface area contributed by atoms with Crippen LogP contribution >= 0.6 is 0 Å². The lowest BCUT2D eigenvalue weighted by atomic mass is 9.59. The maximum Gasteiger partial charge on any atom is 0.238 e. The highest BCUT2D eigenvalue weighted by Crippen LogP contribution is 2.65. The van der Waals surface area contributed by atoms with Crippen LogP contribution in [0.5, 0.6) is 17.2 Å². The van der Waals surface area contributed by atoms with Gasteiger partial charge in [0.2, 0.25) is 5.79 Å². The highest BCUT2D eigenvalue weighted by Gasteiger charge is 2.61. The number of ketones is 3. The number of aliphatic hydroxyl groups excluding tert-OH is 1. The van der Waals surface area contributed by atoms with Gasteiger partial charge in [0, 0.05) is 46.4 Å². The van der Waals surface area contributed by atoms with E-state index in [1.807, 2.05) is 44.2 Å². The molecule has 0 saturated carbocycles. The number of benzene rings is 2. The van der Waals surface area contributed by atoms with Gasteiger partial charge in [-0.15, -0.1) is 0 Å². The zero-order valence-electron chi connectivity index (χ0n) is 27.3. The number of hydrogen-bond acceptors (Lipinski definition) is 8. The SMILES string of the molecule is CC(C)C(=O)c1c(O)c(C(C2=C(O)C(C)(C)C(=O)C(C)(C)C2=O)C(C)C)c(O)c2c1OC1(c3ccccc3)CC2C(C)(C)O1. The Morgan fingerprint density at radius 1 is 0.886 bits per heavy atom. The van der Waals surface area contributed by atoms with Crippen molar-refractivity contribution in [1.82, 2.24) is 0 Å². The monoisotopic (exact) mass is 604 g/mol. The predicted molar refractivity (Wildman–Crippen MR) is 165 cm³/mol. The van der Waals surface area contributed by atoms with E-state index in [4.69, 9.17) is 9.47 Å². The van der Waals surface area contributed by atoms with Crippen molar-refractivity contribution in [1.29, 1.82) is 0 Å². The normalized spacial score (nSPS) is 25.7. The van der Waals surface area contributed by atoms with E-state index >= 15 is 0 Å². The molecule has 3 aliphatic rings. The molecule has 0 radical (unpaired) electrons. The lowest BCUT2D eigenvalue weighted by Crippen LogP contribution is -2.50. The van der Waals surface area contributed by atoms with Crippen molar-refractivity contribution in [2.24, 2.45) is 22.7 Å². The van der Waals surface area contributed by atoms with Crippen molar-refractivity contribution in [3.63, 3.8) is 0 Å². The van der Waals surface area contributed by atoms with E-state index in [9.17, 15) is 29.7 Å². The number of aromatic hydroxyl groups is 2. The van der Waals surface area contributed by atoms with Crippen molar-refractivity contribution < 1.29 is 39.2 Å². The average molecular weight is 605 g/mol. The number of fused-ring (bicyclic) bond motifs is 4. The number of carbonyl (C=O) groups is 3. The number of allylic oxidation sites excluding steroid dienone is 2. The Bertz CT molecular complexity index is 1610. The molecule has 1 fully saturated rings. The number of carbonyl (C=O) groups excluding carboxylic acids is 3. The number of Topliss-reactive ketones (excluding diaryl/α,β-unsaturated/α-hetero) is 3. The third-order valence-electron chi connectivity index (χ3n) is 9.90. The quantitative estimate of drug-likeness (QED) is 0.233. The molecule has 1 aliphatic carbocycles. The van der Waals surface area contributed by atoms with Gasteiger partial charge in [0.25, 0.3) is 0 Å². The minimum atomic E-state index is -1.46. The predicted octanol–water partition coefficient (Wildman–Crippen LogP) is 7.22. The van der Waals surface area contributed by atoms with Crippen LogP contribution in [0.15, 0.2) is 41.7 Å². The maximum absolute atomic E-state index is 14.0. The molecule has 8 heteroatoms. The minimum Gasteiger partial charge on any atom is -0.511 e. The molecule has 2 aliphatic heterocycles. The Morgan fingerprint density at radius 2 is 1.48 bits per heavy atom. The Labute approximate surface area is 259 Å². The van der Waals surface area contributed by atoms with Crippen molar-refractivity contribution in [2.45, 2.75) is 98.9 Å². The third-order valence-corrected chi connectivity index (χ3v) is 9.90. The zero-order chi connectivity index (χ0) is 32.9. The molecule has 3 atom stereocenters. The second-order valence-electron chi connectivity index (χ2n) is 14.8. The molecule has 0 spiro atoms. The minimum absolute atomic E-state index is 0.0443. The fraction of sp³-hybridized carbons (Fsp3) is 0.528. The molecule has 2 aromatic rings. The number of rotatable bonds is 6. The van der Waals surface area contributed by atoms with Crippen LogP contribution < -0.4 is 4.74 Å². The summed E-state index contributed by atoms with van der Waals surface area (Å²) in [4.78, 5) is 41.3. The number of ether oxygens (including phenoxy) is 2. The largest absolute Gasteiger partial charge is 0.511 e. The van der Waals surface area contributed by atoms with Gasteiger partial charge in [-0.1, -0.05) is 58.0 Å². The molecule has 5 rings (SSSR count). The first-order chi connectivity index (χ1) is 20.2. The van der Waals surface area contributed by atoms with Crippen LogP contribution in [0.25, 0.3) is 0 Å². The first-order valence-electron chi connectivity index (χ1n) is 15.4. The molecule has 8 nitrogen and oxygen atoms in total. The topological polar surface area (TPSA) is 130 Å². The Balaban J connectivity index is 1.88. The van der Waals surface area contributed by atoms with Gasteiger partial charge in [0.05, 0.1) is 16.4 Å². The van der Waals surface area contributed by atoms with Gasteiger partial charge >= 0.3 is 0 Å². The van der Waals surface area contributed by atoms with E-state index in [1.54, 1.807) is 41.5 Å². The summed E-state index contributed by atoms with van der Waals surface area (Å²) in [5, 5.41) is 35.8. The van der Waals surface area contributed by atoms with Crippen LogP contribution in [0, 0.1) is 22.7 Å². The molecule has 2 heterocycles. The van der Waals surface area contributed by atoms with Crippen LogP contribution in [0.1, 0.15) is 115 Å². The zero-order valence-corrected chi connectivity index (χ0v) is 27.3. The Hall–Kier alpha value is -3.65. The van der Waals surface area contributed by atoms with E-state index < -0.39 is 74.7 Å². The summed E-state index contributed by atoms with van der Waals surface area (Å²) < 4.78 is 13.2. The number of aliphatic hydroxyl groups is 1. The number of phenols is 2. The molecule has 3 unspecified atom stereocenters. The highest BCUT2D eigenvalue weighted by atomic mass is 16.7. The molecular weight excluding hydrogens is 560 g/mol. The Kier molecular flexibility index (Phi) is 7.17. The summed E-state index contributed by atoms with van der Waals surface area (Å²) in [5.74, 6) is -6.38. The second-order valence-corrected chi connectivity index (χ2v) is 14.8. The van der Waals surface area contributed by atoms with Gasteiger partial charge < -0.3 is 24.8 Å². The van der Waals surface area contributed by atoms with Gasteiger partial charge in [0.15, 0.2) is 17.3 Å². The van der Waals surface area contributed by atoms with Crippen LogP contribution in [-0.2, 0) is 20.1 Å². The lowest BCUT2D eigenvalue weighted by Gasteiger charge is -2.42. The lowest BCUT2D eigenvalue weighted by molar-refractivity contribution is -0.202. The highest BCUT2D eigenvalue weighted by molar-refractivity contribution is 6.19. The first kappa shape index (κ1) is 31.8. The average Bonchev–Trinajstić information content (AvgIpc) is 3.16. The van der Waals surface area contributed by atoms with Gasteiger partial charge in [0.1, 0.15) is 28.6 Å². The van der Waals surface area contributed by atoms with Crippen molar-refractivity contribution in [3.05, 3.63) is 63.9 Å². The van der Waals surface area contributed by atoms with E-state index in [0.717, 1.165) is 5.56 Å². The summed E-state index contributed by atoms with van der Waals surface area (Å²) in [6.07, 6.45) is 0.331. The van der Waals surface area contributed by atoms with E-state index in [-0.39, 0.29) is 28.2 Å². The standard InChI is InChI=1S/C36H44O8/c1-17(2)21(24-30(40)33(5,6)32(42)34(7,8)31(24)41)23-27(38)22-20-16-36(44-35(20,9)10,19-14-12-11-13-15-19)43-29(22)25(28(23)39)26(37)18(3)4/h11-15,17-18,20-21,38-40H,16H2,1-10H3. The fourth-order valence-corrected chi connectivity index (χ4v) is 7.51. The molecule has 44 heavy (non-hydrogen) atoms. The van der Waals surface area contributed by atoms with Gasteiger partial charge in [-0.2, -0.15) is 0 Å². The third kappa shape index (κ3) is 4.24. The van der Waals surface area contributed by atoms with Crippen LogP contribution in [0.4, 0.5) is 0 Å². The van der Waals surface area contributed by atoms with E-state index in [0.29, 0.717) is 12.0 Å². The summed E-state index contributed by atoms with van der Waals surface area (Å²) in [5.41, 5.74) is -2.86. The smallest absolute Gasteiger partial charge is 0.238 e. The van der Waals surface area contributed by atoms with Crippen molar-refractivity contribution >= 4 is 17.3 Å². The van der Waals surface area contributed by atoms with Crippen LogP contribution in [-0.4, -0.2) is 38.3 Å². The summed E-state index contributed by atoms with van der Waals surface area (Å²) in [6, 6.07) is 9.38. The van der Waals surface area contributed by atoms with Crippen molar-refractivity contribution in [3.8, 4) is 17.2 Å². The molecule has 0 aromatic heterocycles. The van der Waals surface area contributed by atoms with Crippen LogP contribution in [0.3, 0.4) is 0 Å². The molecule has 0 amide bonds. The first-order valence-corrected chi connectivity index (χ1v) is 15.4. The molecule has 2 bridgehead atoms. The molecule has 2 aromatic carbocycles. The molecule has 3 N–H and O–H groups in total. The Morgan fingerprint density at radius 3 is 2.02 bits per heavy atom. The molecule has 236 valence electrons. The van der Waals surface area contributed by atoms with Crippen LogP contribution in [0.2, 0.25) is 0 Å². The molecule has 1 saturated heterocycles. The van der Waals surface area contributed by atoms with Gasteiger partial charge in [-0.05, 0) is 47.5 Å². The van der Waals surface area contributed by atoms with E-state index in [2.05, 4.69) is 0 Å². The summed E-state index contributed by atoms with van der Waals surface area (Å²) in [7, 11) is 0. The summed E-state index contributed by atoms with van der Waals surface area (Å²) in [6.45, 7) is 17.0. The maximum atomic E-state index is 14.0.